The molecule has 84 valence electrons. The van der Waals surface area contributed by atoms with Gasteiger partial charge < -0.3 is 10.1 Å². The van der Waals surface area contributed by atoms with Crippen molar-refractivity contribution in [3.8, 4) is 0 Å². The topological polar surface area (TPSA) is 21.3 Å². The lowest BCUT2D eigenvalue weighted by atomic mass is 10.2. The maximum Gasteiger partial charge on any atom is 0.0638 e. The predicted octanol–water partition coefficient (Wildman–Crippen LogP) is 3.83. The second kappa shape index (κ2) is 6.21. The largest absolute Gasteiger partial charge is 0.385 e. The van der Waals surface area contributed by atoms with E-state index in [1.807, 2.05) is 6.07 Å². The number of benzene rings is 1. The molecule has 1 N–H and O–H groups in total. The standard InChI is InChI=1S/C11H15Cl2NO/c1-8(5-6-15-2)14-11-7-9(12)3-4-10(11)13/h3-4,7-8,14H,5-6H2,1-2H3. The summed E-state index contributed by atoms with van der Waals surface area (Å²) in [7, 11) is 1.69. The van der Waals surface area contributed by atoms with Crippen molar-refractivity contribution >= 4 is 28.9 Å². The third kappa shape index (κ3) is 4.29. The molecule has 1 unspecified atom stereocenters. The van der Waals surface area contributed by atoms with Crippen molar-refractivity contribution in [2.45, 2.75) is 19.4 Å². The minimum atomic E-state index is 0.306. The van der Waals surface area contributed by atoms with Crippen molar-refractivity contribution < 1.29 is 4.74 Å². The summed E-state index contributed by atoms with van der Waals surface area (Å²) >= 11 is 11.9. The number of ether oxygens (including phenoxy) is 1. The van der Waals surface area contributed by atoms with Crippen LogP contribution in [0.4, 0.5) is 5.69 Å². The van der Waals surface area contributed by atoms with Gasteiger partial charge in [0.25, 0.3) is 0 Å². The van der Waals surface area contributed by atoms with Crippen LogP contribution in [0.15, 0.2) is 18.2 Å². The maximum atomic E-state index is 6.02. The van der Waals surface area contributed by atoms with Crippen molar-refractivity contribution in [2.75, 3.05) is 19.0 Å². The third-order valence-corrected chi connectivity index (χ3v) is 2.65. The van der Waals surface area contributed by atoms with Crippen molar-refractivity contribution in [3.63, 3.8) is 0 Å². The van der Waals surface area contributed by atoms with E-state index in [0.29, 0.717) is 16.1 Å². The first kappa shape index (κ1) is 12.6. The molecule has 1 aromatic carbocycles. The fourth-order valence-corrected chi connectivity index (χ4v) is 1.58. The van der Waals surface area contributed by atoms with E-state index in [-0.39, 0.29) is 0 Å². The van der Waals surface area contributed by atoms with Crippen LogP contribution in [0, 0.1) is 0 Å². The van der Waals surface area contributed by atoms with Crippen LogP contribution in [-0.2, 0) is 4.74 Å². The van der Waals surface area contributed by atoms with Gasteiger partial charge in [0.2, 0.25) is 0 Å². The fourth-order valence-electron chi connectivity index (χ4n) is 1.24. The molecule has 1 rings (SSSR count). The van der Waals surface area contributed by atoms with Gasteiger partial charge in [0, 0.05) is 24.8 Å². The molecule has 0 heterocycles. The number of methoxy groups -OCH3 is 1. The highest BCUT2D eigenvalue weighted by atomic mass is 35.5. The number of anilines is 1. The van der Waals surface area contributed by atoms with E-state index in [4.69, 9.17) is 27.9 Å². The third-order valence-electron chi connectivity index (χ3n) is 2.09. The minimum absolute atomic E-state index is 0.306. The normalized spacial score (nSPS) is 12.5. The van der Waals surface area contributed by atoms with E-state index < -0.39 is 0 Å². The Hall–Kier alpha value is -0.440. The summed E-state index contributed by atoms with van der Waals surface area (Å²) in [5.74, 6) is 0. The molecule has 0 radical (unpaired) electrons. The number of nitrogens with one attached hydrogen (secondary N) is 1. The zero-order chi connectivity index (χ0) is 11.3. The van der Waals surface area contributed by atoms with Gasteiger partial charge in [0.1, 0.15) is 0 Å². The molecule has 0 amide bonds. The molecule has 0 aromatic heterocycles. The Morgan fingerprint density at radius 1 is 1.40 bits per heavy atom. The molecule has 2 nitrogen and oxygen atoms in total. The zero-order valence-corrected chi connectivity index (χ0v) is 10.4. The van der Waals surface area contributed by atoms with E-state index in [2.05, 4.69) is 12.2 Å². The van der Waals surface area contributed by atoms with Crippen LogP contribution in [0.1, 0.15) is 13.3 Å². The van der Waals surface area contributed by atoms with Gasteiger partial charge in [-0.3, -0.25) is 0 Å². The monoisotopic (exact) mass is 247 g/mol. The van der Waals surface area contributed by atoms with Crippen LogP contribution in [0.5, 0.6) is 0 Å². The van der Waals surface area contributed by atoms with Crippen molar-refractivity contribution in [1.29, 1.82) is 0 Å². The van der Waals surface area contributed by atoms with Gasteiger partial charge in [0.15, 0.2) is 0 Å². The summed E-state index contributed by atoms with van der Waals surface area (Å²) in [6, 6.07) is 5.69. The van der Waals surface area contributed by atoms with Crippen molar-refractivity contribution in [1.82, 2.24) is 0 Å². The lowest BCUT2D eigenvalue weighted by molar-refractivity contribution is 0.191. The first-order valence-corrected chi connectivity index (χ1v) is 5.59. The highest BCUT2D eigenvalue weighted by Gasteiger charge is 2.05. The molecule has 0 aliphatic rings. The molecule has 0 bridgehead atoms. The van der Waals surface area contributed by atoms with Crippen LogP contribution in [0.25, 0.3) is 0 Å². The van der Waals surface area contributed by atoms with Crippen LogP contribution in [0.2, 0.25) is 10.0 Å². The average molecular weight is 248 g/mol. The molecule has 1 aromatic rings. The Bertz CT molecular complexity index is 317. The smallest absolute Gasteiger partial charge is 0.0638 e. The molecule has 0 aliphatic heterocycles. The summed E-state index contributed by atoms with van der Waals surface area (Å²) < 4.78 is 5.01. The minimum Gasteiger partial charge on any atom is -0.385 e. The summed E-state index contributed by atoms with van der Waals surface area (Å²) in [5, 5.41) is 4.65. The van der Waals surface area contributed by atoms with Crippen LogP contribution in [0.3, 0.4) is 0 Å². The van der Waals surface area contributed by atoms with Gasteiger partial charge in [-0.15, -0.1) is 0 Å². The molecule has 0 saturated heterocycles. The predicted molar refractivity (Wildman–Crippen MR) is 66.0 cm³/mol. The molecular formula is C11H15Cl2NO. The van der Waals surface area contributed by atoms with E-state index >= 15 is 0 Å². The Morgan fingerprint density at radius 2 is 2.13 bits per heavy atom. The Kier molecular flexibility index (Phi) is 5.23. The number of hydrogen-bond donors (Lipinski definition) is 1. The van der Waals surface area contributed by atoms with Crippen LogP contribution in [-0.4, -0.2) is 19.8 Å². The lowest BCUT2D eigenvalue weighted by Crippen LogP contribution is -2.17. The molecule has 0 saturated carbocycles. The van der Waals surface area contributed by atoms with Crippen molar-refractivity contribution in [3.05, 3.63) is 28.2 Å². The van der Waals surface area contributed by atoms with Gasteiger partial charge in [-0.1, -0.05) is 23.2 Å². The summed E-state index contributed by atoms with van der Waals surface area (Å²) in [6.45, 7) is 2.81. The average Bonchev–Trinajstić information content (AvgIpc) is 2.20. The molecule has 1 atom stereocenters. The highest BCUT2D eigenvalue weighted by Crippen LogP contribution is 2.26. The SMILES string of the molecule is COCCC(C)Nc1cc(Cl)ccc1Cl. The quantitative estimate of drug-likeness (QED) is 0.854. The van der Waals surface area contributed by atoms with E-state index in [1.54, 1.807) is 19.2 Å². The maximum absolute atomic E-state index is 6.02. The van der Waals surface area contributed by atoms with E-state index in [0.717, 1.165) is 18.7 Å². The zero-order valence-electron chi connectivity index (χ0n) is 8.89. The Balaban J connectivity index is 2.59. The van der Waals surface area contributed by atoms with Gasteiger partial charge in [-0.05, 0) is 31.5 Å². The second-order valence-electron chi connectivity index (χ2n) is 3.45. The first-order valence-electron chi connectivity index (χ1n) is 4.84. The number of rotatable bonds is 5. The molecule has 0 fully saturated rings. The first-order chi connectivity index (χ1) is 7.13. The highest BCUT2D eigenvalue weighted by molar-refractivity contribution is 6.35. The van der Waals surface area contributed by atoms with Gasteiger partial charge >= 0.3 is 0 Å². The Labute approximate surface area is 101 Å². The van der Waals surface area contributed by atoms with Gasteiger partial charge in [-0.2, -0.15) is 0 Å². The van der Waals surface area contributed by atoms with Crippen LogP contribution < -0.4 is 5.32 Å². The molecule has 0 spiro atoms. The summed E-state index contributed by atoms with van der Waals surface area (Å²) in [5.41, 5.74) is 0.868. The van der Waals surface area contributed by atoms with Crippen molar-refractivity contribution in [2.24, 2.45) is 0 Å². The molecule has 4 heteroatoms. The second-order valence-corrected chi connectivity index (χ2v) is 4.29. The van der Waals surface area contributed by atoms with Crippen LogP contribution >= 0.6 is 23.2 Å². The fraction of sp³-hybridized carbons (Fsp3) is 0.455. The van der Waals surface area contributed by atoms with Gasteiger partial charge in [-0.25, -0.2) is 0 Å². The molecule has 0 aliphatic carbocycles. The molecular weight excluding hydrogens is 233 g/mol. The number of halogens is 2. The van der Waals surface area contributed by atoms with Gasteiger partial charge in [0.05, 0.1) is 10.7 Å². The Morgan fingerprint density at radius 3 is 2.80 bits per heavy atom. The summed E-state index contributed by atoms with van der Waals surface area (Å²) in [4.78, 5) is 0. The van der Waals surface area contributed by atoms with E-state index in [9.17, 15) is 0 Å². The number of hydrogen-bond acceptors (Lipinski definition) is 2. The summed E-state index contributed by atoms with van der Waals surface area (Å²) in [6.07, 6.45) is 0.930. The molecule has 15 heavy (non-hydrogen) atoms. The van der Waals surface area contributed by atoms with E-state index in [1.165, 1.54) is 0 Å². The lowest BCUT2D eigenvalue weighted by Gasteiger charge is -2.16.